The van der Waals surface area contributed by atoms with E-state index in [1.165, 1.54) is 12.1 Å². The Morgan fingerprint density at radius 1 is 1.14 bits per heavy atom. The molecule has 0 aliphatic carbocycles. The lowest BCUT2D eigenvalue weighted by Crippen LogP contribution is -2.02. The topological polar surface area (TPSA) is 43.4 Å². The second kappa shape index (κ2) is 7.15. The molecule has 0 heterocycles. The SMILES string of the molecule is O=S(=O)(Cl)c1ccc(OCCSc2ccccc2)c(F)c1. The Balaban J connectivity index is 1.89. The molecule has 0 atom stereocenters. The Morgan fingerprint density at radius 3 is 2.48 bits per heavy atom. The van der Waals surface area contributed by atoms with Crippen LogP contribution in [0.3, 0.4) is 0 Å². The average molecular weight is 347 g/mol. The first-order valence-corrected chi connectivity index (χ1v) is 9.31. The van der Waals surface area contributed by atoms with Gasteiger partial charge in [-0.3, -0.25) is 0 Å². The molecule has 7 heteroatoms. The van der Waals surface area contributed by atoms with Gasteiger partial charge in [0.05, 0.1) is 11.5 Å². The highest BCUT2D eigenvalue weighted by molar-refractivity contribution is 8.13. The predicted octanol–water partition coefficient (Wildman–Crippen LogP) is 3.92. The zero-order valence-electron chi connectivity index (χ0n) is 10.8. The van der Waals surface area contributed by atoms with Gasteiger partial charge in [-0.1, -0.05) is 18.2 Å². The predicted molar refractivity (Wildman–Crippen MR) is 82.1 cm³/mol. The summed E-state index contributed by atoms with van der Waals surface area (Å²) in [6.45, 7) is 0.309. The molecule has 0 saturated heterocycles. The van der Waals surface area contributed by atoms with Crippen molar-refractivity contribution in [1.82, 2.24) is 0 Å². The Bertz CT molecular complexity index is 705. The summed E-state index contributed by atoms with van der Waals surface area (Å²) in [5.41, 5.74) is 0. The van der Waals surface area contributed by atoms with Crippen molar-refractivity contribution in [2.75, 3.05) is 12.4 Å². The first kappa shape index (κ1) is 16.1. The maximum atomic E-state index is 13.7. The van der Waals surface area contributed by atoms with Crippen LogP contribution in [0.15, 0.2) is 58.3 Å². The molecule has 0 bridgehead atoms. The largest absolute Gasteiger partial charge is 0.490 e. The van der Waals surface area contributed by atoms with Crippen molar-refractivity contribution >= 4 is 31.5 Å². The van der Waals surface area contributed by atoms with Crippen LogP contribution in [0.4, 0.5) is 4.39 Å². The first-order chi connectivity index (χ1) is 9.97. The van der Waals surface area contributed by atoms with Crippen LogP contribution in [0.2, 0.25) is 0 Å². The number of hydrogen-bond donors (Lipinski definition) is 0. The molecule has 0 saturated carbocycles. The monoisotopic (exact) mass is 346 g/mol. The molecule has 0 N–H and O–H groups in total. The summed E-state index contributed by atoms with van der Waals surface area (Å²) in [7, 11) is 1.21. The Kier molecular flexibility index (Phi) is 5.50. The van der Waals surface area contributed by atoms with E-state index in [2.05, 4.69) is 0 Å². The zero-order valence-corrected chi connectivity index (χ0v) is 13.2. The van der Waals surface area contributed by atoms with E-state index < -0.39 is 14.9 Å². The fourth-order valence-corrected chi connectivity index (χ4v) is 3.09. The van der Waals surface area contributed by atoms with Gasteiger partial charge in [-0.05, 0) is 30.3 Å². The van der Waals surface area contributed by atoms with Gasteiger partial charge in [0.2, 0.25) is 0 Å². The van der Waals surface area contributed by atoms with Crippen LogP contribution in [0, 0.1) is 5.82 Å². The first-order valence-electron chi connectivity index (χ1n) is 6.02. The summed E-state index contributed by atoms with van der Waals surface area (Å²) in [4.78, 5) is 0.817. The molecule has 0 unspecified atom stereocenters. The molecule has 0 aliphatic rings. The lowest BCUT2D eigenvalue weighted by molar-refractivity contribution is 0.324. The van der Waals surface area contributed by atoms with Gasteiger partial charge in [0.1, 0.15) is 0 Å². The van der Waals surface area contributed by atoms with E-state index in [-0.39, 0.29) is 10.6 Å². The maximum absolute atomic E-state index is 13.7. The van der Waals surface area contributed by atoms with Gasteiger partial charge in [-0.25, -0.2) is 12.8 Å². The number of ether oxygens (including phenoxy) is 1. The second-order valence-electron chi connectivity index (χ2n) is 4.04. The molecule has 0 amide bonds. The fraction of sp³-hybridized carbons (Fsp3) is 0.143. The van der Waals surface area contributed by atoms with E-state index in [1.54, 1.807) is 11.8 Å². The summed E-state index contributed by atoms with van der Waals surface area (Å²) in [6, 6.07) is 13.1. The van der Waals surface area contributed by atoms with Crippen molar-refractivity contribution in [1.29, 1.82) is 0 Å². The third kappa shape index (κ3) is 4.91. The van der Waals surface area contributed by atoms with Crippen molar-refractivity contribution in [2.24, 2.45) is 0 Å². The number of rotatable bonds is 6. The number of hydrogen-bond acceptors (Lipinski definition) is 4. The van der Waals surface area contributed by atoms with E-state index in [0.717, 1.165) is 11.0 Å². The molecule has 0 radical (unpaired) electrons. The molecule has 2 rings (SSSR count). The van der Waals surface area contributed by atoms with Crippen LogP contribution in [0.1, 0.15) is 0 Å². The molecular formula is C14H12ClFO3S2. The Labute approximate surface area is 131 Å². The maximum Gasteiger partial charge on any atom is 0.261 e. The minimum absolute atomic E-state index is 0.00716. The summed E-state index contributed by atoms with van der Waals surface area (Å²) in [5, 5.41) is 0. The molecule has 0 aliphatic heterocycles. The van der Waals surface area contributed by atoms with Crippen molar-refractivity contribution in [2.45, 2.75) is 9.79 Å². The second-order valence-corrected chi connectivity index (χ2v) is 7.77. The third-order valence-corrected chi connectivity index (χ3v) is 4.87. The van der Waals surface area contributed by atoms with Crippen LogP contribution < -0.4 is 4.74 Å². The van der Waals surface area contributed by atoms with E-state index in [4.69, 9.17) is 15.4 Å². The summed E-state index contributed by atoms with van der Waals surface area (Å²) in [6.07, 6.45) is 0. The quantitative estimate of drug-likeness (QED) is 0.451. The highest BCUT2D eigenvalue weighted by Crippen LogP contribution is 2.24. The lowest BCUT2D eigenvalue weighted by atomic mass is 10.3. The molecule has 0 spiro atoms. The van der Waals surface area contributed by atoms with Crippen molar-refractivity contribution in [3.05, 3.63) is 54.3 Å². The van der Waals surface area contributed by atoms with E-state index >= 15 is 0 Å². The van der Waals surface area contributed by atoms with Crippen molar-refractivity contribution < 1.29 is 17.5 Å². The van der Waals surface area contributed by atoms with Gasteiger partial charge in [0, 0.05) is 21.3 Å². The van der Waals surface area contributed by atoms with Crippen LogP contribution in [-0.2, 0) is 9.05 Å². The number of benzene rings is 2. The summed E-state index contributed by atoms with van der Waals surface area (Å²) >= 11 is 1.59. The van der Waals surface area contributed by atoms with Crippen LogP contribution in [0.25, 0.3) is 0 Å². The smallest absolute Gasteiger partial charge is 0.261 e. The molecule has 0 fully saturated rings. The number of halogens is 2. The van der Waals surface area contributed by atoms with Gasteiger partial charge < -0.3 is 4.74 Å². The average Bonchev–Trinajstić information content (AvgIpc) is 2.45. The highest BCUT2D eigenvalue weighted by atomic mass is 35.7. The van der Waals surface area contributed by atoms with Crippen LogP contribution >= 0.6 is 22.4 Å². The summed E-state index contributed by atoms with van der Waals surface area (Å²) in [5.74, 6) is -0.0897. The van der Waals surface area contributed by atoms with Crippen molar-refractivity contribution in [3.8, 4) is 5.75 Å². The molecule has 2 aromatic carbocycles. The van der Waals surface area contributed by atoms with Gasteiger partial charge >= 0.3 is 0 Å². The minimum atomic E-state index is -3.93. The summed E-state index contributed by atoms with van der Waals surface area (Å²) < 4.78 is 41.1. The minimum Gasteiger partial charge on any atom is -0.490 e. The van der Waals surface area contributed by atoms with Crippen molar-refractivity contribution in [3.63, 3.8) is 0 Å². The van der Waals surface area contributed by atoms with E-state index in [9.17, 15) is 12.8 Å². The zero-order chi connectivity index (χ0) is 15.3. The van der Waals surface area contributed by atoms with Crippen LogP contribution in [0.5, 0.6) is 5.75 Å². The van der Waals surface area contributed by atoms with Gasteiger partial charge in [-0.2, -0.15) is 0 Å². The molecule has 2 aromatic rings. The fourth-order valence-electron chi connectivity index (χ4n) is 1.58. The highest BCUT2D eigenvalue weighted by Gasteiger charge is 2.13. The third-order valence-electron chi connectivity index (χ3n) is 2.54. The lowest BCUT2D eigenvalue weighted by Gasteiger charge is -2.08. The molecular weight excluding hydrogens is 335 g/mol. The van der Waals surface area contributed by atoms with Crippen LogP contribution in [-0.4, -0.2) is 20.8 Å². The van der Waals surface area contributed by atoms with E-state index in [0.29, 0.717) is 12.4 Å². The standard InChI is InChI=1S/C14H12ClFO3S2/c15-21(17,18)12-6-7-14(13(16)10-12)19-8-9-20-11-4-2-1-3-5-11/h1-7,10H,8-9H2. The molecule has 112 valence electrons. The van der Waals surface area contributed by atoms with Gasteiger partial charge in [0.15, 0.2) is 11.6 Å². The van der Waals surface area contributed by atoms with Gasteiger partial charge in [0.25, 0.3) is 9.05 Å². The number of thioether (sulfide) groups is 1. The Morgan fingerprint density at radius 2 is 1.86 bits per heavy atom. The molecule has 3 nitrogen and oxygen atoms in total. The normalized spacial score (nSPS) is 11.3. The van der Waals surface area contributed by atoms with E-state index in [1.807, 2.05) is 30.3 Å². The molecule has 21 heavy (non-hydrogen) atoms. The Hall–Kier alpha value is -1.24. The molecule has 0 aromatic heterocycles. The van der Waals surface area contributed by atoms with Gasteiger partial charge in [-0.15, -0.1) is 11.8 Å².